The number of hydrogen-bond acceptors (Lipinski definition) is 2. The fourth-order valence-corrected chi connectivity index (χ4v) is 2.11. The molecule has 1 atom stereocenters. The van der Waals surface area contributed by atoms with Crippen LogP contribution < -0.4 is 10.6 Å². The summed E-state index contributed by atoms with van der Waals surface area (Å²) in [5.74, 6) is 0.234. The van der Waals surface area contributed by atoms with Gasteiger partial charge >= 0.3 is 0 Å². The largest absolute Gasteiger partial charge is 0.356 e. The first-order valence-corrected chi connectivity index (χ1v) is 6.90. The molecule has 1 unspecified atom stereocenters. The van der Waals surface area contributed by atoms with Gasteiger partial charge in [0, 0.05) is 19.0 Å². The third-order valence-corrected chi connectivity index (χ3v) is 3.28. The second-order valence-corrected chi connectivity index (χ2v) is 4.86. The van der Waals surface area contributed by atoms with Crippen molar-refractivity contribution in [2.75, 3.05) is 19.6 Å². The molecule has 98 valence electrons. The first-order valence-electron chi connectivity index (χ1n) is 6.90. The van der Waals surface area contributed by atoms with Gasteiger partial charge in [0.1, 0.15) is 0 Å². The number of rotatable bonds is 7. The Labute approximate surface area is 105 Å². The van der Waals surface area contributed by atoms with Gasteiger partial charge in [0.15, 0.2) is 0 Å². The summed E-state index contributed by atoms with van der Waals surface area (Å²) in [6.07, 6.45) is 8.46. The lowest BCUT2D eigenvalue weighted by Gasteiger charge is -2.15. The molecule has 1 aliphatic carbocycles. The minimum atomic E-state index is 0.0651. The quantitative estimate of drug-likeness (QED) is 0.668. The summed E-state index contributed by atoms with van der Waals surface area (Å²) < 4.78 is 0. The highest BCUT2D eigenvalue weighted by Crippen LogP contribution is 2.19. The number of hydrogen-bond donors (Lipinski definition) is 2. The number of amides is 1. The third kappa shape index (κ3) is 5.87. The SMILES string of the molecule is CCNCC(C)C(=O)NCCC1=CCCCC1. The third-order valence-electron chi connectivity index (χ3n) is 3.28. The topological polar surface area (TPSA) is 41.1 Å². The first-order chi connectivity index (χ1) is 8.24. The molecule has 17 heavy (non-hydrogen) atoms. The van der Waals surface area contributed by atoms with Crippen LogP contribution in [0.3, 0.4) is 0 Å². The van der Waals surface area contributed by atoms with Crippen molar-refractivity contribution in [1.82, 2.24) is 10.6 Å². The molecule has 0 heterocycles. The highest BCUT2D eigenvalue weighted by atomic mass is 16.1. The second-order valence-electron chi connectivity index (χ2n) is 4.86. The molecule has 3 heteroatoms. The summed E-state index contributed by atoms with van der Waals surface area (Å²) in [7, 11) is 0. The summed E-state index contributed by atoms with van der Waals surface area (Å²) in [6.45, 7) is 6.51. The molecule has 0 aromatic rings. The van der Waals surface area contributed by atoms with Crippen molar-refractivity contribution >= 4 is 5.91 Å². The van der Waals surface area contributed by atoms with Gasteiger partial charge in [0.05, 0.1) is 0 Å². The lowest BCUT2D eigenvalue weighted by atomic mass is 9.97. The van der Waals surface area contributed by atoms with Gasteiger partial charge in [0.25, 0.3) is 0 Å². The van der Waals surface area contributed by atoms with E-state index in [9.17, 15) is 4.79 Å². The predicted octanol–water partition coefficient (Wildman–Crippen LogP) is 2.24. The zero-order valence-corrected chi connectivity index (χ0v) is 11.2. The Kier molecular flexibility index (Phi) is 6.94. The molecule has 3 nitrogen and oxygen atoms in total. The first kappa shape index (κ1) is 14.2. The fraction of sp³-hybridized carbons (Fsp3) is 0.786. The molecule has 1 rings (SSSR count). The molecule has 0 spiro atoms. The van der Waals surface area contributed by atoms with Crippen molar-refractivity contribution in [3.8, 4) is 0 Å². The highest BCUT2D eigenvalue weighted by Gasteiger charge is 2.11. The van der Waals surface area contributed by atoms with Crippen LogP contribution in [0.15, 0.2) is 11.6 Å². The Bertz CT molecular complexity index is 261. The molecule has 2 N–H and O–H groups in total. The van der Waals surface area contributed by atoms with Crippen LogP contribution >= 0.6 is 0 Å². The van der Waals surface area contributed by atoms with E-state index in [-0.39, 0.29) is 11.8 Å². The standard InChI is InChI=1S/C14H26N2O/c1-3-15-11-12(2)14(17)16-10-9-13-7-5-4-6-8-13/h7,12,15H,3-6,8-11H2,1-2H3,(H,16,17). The van der Waals surface area contributed by atoms with Crippen LogP contribution in [0.25, 0.3) is 0 Å². The molecule has 0 aromatic carbocycles. The number of nitrogens with one attached hydrogen (secondary N) is 2. The van der Waals surface area contributed by atoms with E-state index in [1.54, 1.807) is 0 Å². The van der Waals surface area contributed by atoms with E-state index in [4.69, 9.17) is 0 Å². The summed E-state index contributed by atoms with van der Waals surface area (Å²) in [4.78, 5) is 11.7. The van der Waals surface area contributed by atoms with Crippen molar-refractivity contribution < 1.29 is 4.79 Å². The van der Waals surface area contributed by atoms with Crippen LogP contribution in [0, 0.1) is 5.92 Å². The van der Waals surface area contributed by atoms with Crippen molar-refractivity contribution in [1.29, 1.82) is 0 Å². The Morgan fingerprint density at radius 1 is 1.47 bits per heavy atom. The van der Waals surface area contributed by atoms with Crippen molar-refractivity contribution in [3.63, 3.8) is 0 Å². The van der Waals surface area contributed by atoms with Crippen LogP contribution in [0.4, 0.5) is 0 Å². The van der Waals surface area contributed by atoms with Crippen LogP contribution in [0.5, 0.6) is 0 Å². The van der Waals surface area contributed by atoms with E-state index >= 15 is 0 Å². The van der Waals surface area contributed by atoms with E-state index in [2.05, 4.69) is 23.6 Å². The molecular formula is C14H26N2O. The predicted molar refractivity (Wildman–Crippen MR) is 71.9 cm³/mol. The fourth-order valence-electron chi connectivity index (χ4n) is 2.11. The van der Waals surface area contributed by atoms with Gasteiger partial charge in [-0.15, -0.1) is 0 Å². The summed E-state index contributed by atoms with van der Waals surface area (Å²) in [6, 6.07) is 0. The molecule has 0 fully saturated rings. The van der Waals surface area contributed by atoms with Crippen molar-refractivity contribution in [2.45, 2.75) is 46.0 Å². The maximum Gasteiger partial charge on any atom is 0.224 e. The average Bonchev–Trinajstić information content (AvgIpc) is 2.37. The number of carbonyl (C=O) groups is 1. The lowest BCUT2D eigenvalue weighted by Crippen LogP contribution is -2.35. The number of carbonyl (C=O) groups excluding carboxylic acids is 1. The van der Waals surface area contributed by atoms with E-state index < -0.39 is 0 Å². The molecule has 0 saturated carbocycles. The van der Waals surface area contributed by atoms with Gasteiger partial charge in [-0.3, -0.25) is 4.79 Å². The van der Waals surface area contributed by atoms with Gasteiger partial charge < -0.3 is 10.6 Å². The van der Waals surface area contributed by atoms with Crippen molar-refractivity contribution in [2.24, 2.45) is 5.92 Å². The maximum atomic E-state index is 11.7. The van der Waals surface area contributed by atoms with E-state index in [1.165, 1.54) is 31.3 Å². The zero-order valence-electron chi connectivity index (χ0n) is 11.2. The van der Waals surface area contributed by atoms with E-state index in [0.29, 0.717) is 0 Å². The molecule has 0 saturated heterocycles. The minimum Gasteiger partial charge on any atom is -0.356 e. The van der Waals surface area contributed by atoms with Crippen LogP contribution in [0.1, 0.15) is 46.0 Å². The van der Waals surface area contributed by atoms with Gasteiger partial charge in [0.2, 0.25) is 5.91 Å². The van der Waals surface area contributed by atoms with Gasteiger partial charge in [-0.1, -0.05) is 25.5 Å². The maximum absolute atomic E-state index is 11.7. The second kappa shape index (κ2) is 8.29. The summed E-state index contributed by atoms with van der Waals surface area (Å²) in [5, 5.41) is 6.22. The highest BCUT2D eigenvalue weighted by molar-refractivity contribution is 5.78. The number of allylic oxidation sites excluding steroid dienone is 1. The van der Waals surface area contributed by atoms with Gasteiger partial charge in [-0.05, 0) is 38.6 Å². The Balaban J connectivity index is 2.12. The van der Waals surface area contributed by atoms with Crippen LogP contribution in [-0.4, -0.2) is 25.5 Å². The summed E-state index contributed by atoms with van der Waals surface area (Å²) in [5.41, 5.74) is 1.52. The summed E-state index contributed by atoms with van der Waals surface area (Å²) >= 11 is 0. The minimum absolute atomic E-state index is 0.0651. The smallest absolute Gasteiger partial charge is 0.224 e. The molecule has 0 radical (unpaired) electrons. The Morgan fingerprint density at radius 3 is 2.94 bits per heavy atom. The molecule has 0 aromatic heterocycles. The Morgan fingerprint density at radius 2 is 2.29 bits per heavy atom. The monoisotopic (exact) mass is 238 g/mol. The average molecular weight is 238 g/mol. The van der Waals surface area contributed by atoms with Crippen molar-refractivity contribution in [3.05, 3.63) is 11.6 Å². The molecule has 1 amide bonds. The molecule has 0 aliphatic heterocycles. The van der Waals surface area contributed by atoms with Crippen LogP contribution in [-0.2, 0) is 4.79 Å². The van der Waals surface area contributed by atoms with Gasteiger partial charge in [-0.25, -0.2) is 0 Å². The normalized spacial score (nSPS) is 17.4. The van der Waals surface area contributed by atoms with Gasteiger partial charge in [-0.2, -0.15) is 0 Å². The lowest BCUT2D eigenvalue weighted by molar-refractivity contribution is -0.124. The van der Waals surface area contributed by atoms with E-state index in [0.717, 1.165) is 26.1 Å². The molecule has 1 aliphatic rings. The molecular weight excluding hydrogens is 212 g/mol. The zero-order chi connectivity index (χ0) is 12.5. The Hall–Kier alpha value is -0.830. The van der Waals surface area contributed by atoms with E-state index in [1.807, 2.05) is 6.92 Å². The molecule has 0 bridgehead atoms. The van der Waals surface area contributed by atoms with Crippen LogP contribution in [0.2, 0.25) is 0 Å².